The minimum Gasteiger partial charge on any atom is -0.382 e. The Morgan fingerprint density at radius 2 is 2.40 bits per heavy atom. The molecule has 0 aromatic rings. The van der Waals surface area contributed by atoms with Gasteiger partial charge in [-0.25, -0.2) is 0 Å². The Balaban J connectivity index is 2.84. The minimum atomic E-state index is 0.358. The lowest BCUT2D eigenvalue weighted by Gasteiger charge is -2.02. The molecule has 0 aromatic heterocycles. The van der Waals surface area contributed by atoms with Crippen molar-refractivity contribution < 1.29 is 4.74 Å². The van der Waals surface area contributed by atoms with E-state index in [0.29, 0.717) is 5.11 Å². The maximum absolute atomic E-state index is 5.19. The molecule has 0 amide bonds. The summed E-state index contributed by atoms with van der Waals surface area (Å²) in [7, 11) is 0. The van der Waals surface area contributed by atoms with Crippen LogP contribution in [0.3, 0.4) is 0 Å². The lowest BCUT2D eigenvalue weighted by atomic mass is 10.4. The molecule has 3 nitrogen and oxygen atoms in total. The smallest absolute Gasteiger partial charge is 0.163 e. The van der Waals surface area contributed by atoms with Gasteiger partial charge in [-0.05, 0) is 25.6 Å². The van der Waals surface area contributed by atoms with Gasteiger partial charge in [-0.2, -0.15) is 0 Å². The van der Waals surface area contributed by atoms with Gasteiger partial charge in [0.25, 0.3) is 0 Å². The van der Waals surface area contributed by atoms with Crippen LogP contribution in [0.25, 0.3) is 0 Å². The second-order valence-corrected chi connectivity index (χ2v) is 2.28. The largest absolute Gasteiger partial charge is 0.382 e. The highest BCUT2D eigenvalue weighted by Crippen LogP contribution is 1.78. The summed E-state index contributed by atoms with van der Waals surface area (Å²) in [4.78, 5) is 0. The number of hydrogen-bond acceptors (Lipinski definition) is 2. The number of rotatable bonds is 5. The molecule has 0 bridgehead atoms. The van der Waals surface area contributed by atoms with Crippen molar-refractivity contribution in [3.8, 4) is 0 Å². The van der Waals surface area contributed by atoms with E-state index in [9.17, 15) is 0 Å². The molecule has 0 aliphatic carbocycles. The lowest BCUT2D eigenvalue weighted by molar-refractivity contribution is 0.146. The van der Waals surface area contributed by atoms with E-state index in [1.54, 1.807) is 0 Å². The van der Waals surface area contributed by atoms with Crippen molar-refractivity contribution in [3.63, 3.8) is 0 Å². The van der Waals surface area contributed by atoms with E-state index < -0.39 is 0 Å². The molecule has 0 atom stereocenters. The first-order valence-electron chi connectivity index (χ1n) is 3.38. The molecule has 0 aliphatic rings. The Bertz CT molecular complexity index is 97.7. The molecule has 0 saturated carbocycles. The van der Waals surface area contributed by atoms with Crippen molar-refractivity contribution in [2.24, 2.45) is 5.73 Å². The van der Waals surface area contributed by atoms with Gasteiger partial charge in [0.2, 0.25) is 0 Å². The first-order valence-corrected chi connectivity index (χ1v) is 3.79. The van der Waals surface area contributed by atoms with Gasteiger partial charge in [-0.15, -0.1) is 0 Å². The van der Waals surface area contributed by atoms with Crippen molar-refractivity contribution in [2.75, 3.05) is 19.8 Å². The Kier molecular flexibility index (Phi) is 6.53. The topological polar surface area (TPSA) is 47.3 Å². The third-order valence-electron chi connectivity index (χ3n) is 0.969. The van der Waals surface area contributed by atoms with Gasteiger partial charge in [0.05, 0.1) is 0 Å². The summed E-state index contributed by atoms with van der Waals surface area (Å²) in [6.07, 6.45) is 0.950. The summed E-state index contributed by atoms with van der Waals surface area (Å²) in [6, 6.07) is 0. The molecule has 0 aliphatic heterocycles. The molecule has 0 heterocycles. The first-order chi connectivity index (χ1) is 4.77. The van der Waals surface area contributed by atoms with E-state index >= 15 is 0 Å². The van der Waals surface area contributed by atoms with Crippen LogP contribution in [-0.2, 0) is 4.74 Å². The van der Waals surface area contributed by atoms with E-state index in [0.717, 1.165) is 26.2 Å². The van der Waals surface area contributed by atoms with Gasteiger partial charge in [0, 0.05) is 19.8 Å². The SMILES string of the molecule is CCOCCCNC(N)=S. The number of thiocarbonyl (C=S) groups is 1. The van der Waals surface area contributed by atoms with Gasteiger partial charge >= 0.3 is 0 Å². The fourth-order valence-electron chi connectivity index (χ4n) is 0.530. The molecular formula is C6H14N2OS. The highest BCUT2D eigenvalue weighted by Gasteiger charge is 1.87. The van der Waals surface area contributed by atoms with Crippen molar-refractivity contribution in [2.45, 2.75) is 13.3 Å². The van der Waals surface area contributed by atoms with Crippen LogP contribution < -0.4 is 11.1 Å². The predicted octanol–water partition coefficient (Wildman–Crippen LogP) is 0.246. The standard InChI is InChI=1S/C6H14N2OS/c1-2-9-5-3-4-8-6(7)10/h2-5H2,1H3,(H3,7,8,10). The highest BCUT2D eigenvalue weighted by molar-refractivity contribution is 7.80. The summed E-state index contributed by atoms with van der Waals surface area (Å²) in [5, 5.41) is 3.19. The van der Waals surface area contributed by atoms with Crippen molar-refractivity contribution in [1.82, 2.24) is 5.32 Å². The fourth-order valence-corrected chi connectivity index (χ4v) is 0.632. The van der Waals surface area contributed by atoms with Crippen LogP contribution in [0.1, 0.15) is 13.3 Å². The maximum Gasteiger partial charge on any atom is 0.163 e. The molecule has 0 saturated heterocycles. The number of hydrogen-bond donors (Lipinski definition) is 2. The molecule has 4 heteroatoms. The Morgan fingerprint density at radius 1 is 1.70 bits per heavy atom. The number of nitrogens with one attached hydrogen (secondary N) is 1. The molecule has 0 spiro atoms. The predicted molar refractivity (Wildman–Crippen MR) is 45.9 cm³/mol. The Hall–Kier alpha value is -0.350. The zero-order chi connectivity index (χ0) is 7.82. The van der Waals surface area contributed by atoms with Crippen molar-refractivity contribution in [1.29, 1.82) is 0 Å². The fraction of sp³-hybridized carbons (Fsp3) is 0.833. The summed E-state index contributed by atoms with van der Waals surface area (Å²) in [6.45, 7) is 4.31. The Labute approximate surface area is 66.9 Å². The minimum absolute atomic E-state index is 0.358. The van der Waals surface area contributed by atoms with Gasteiger partial charge in [0.15, 0.2) is 5.11 Å². The molecule has 0 fully saturated rings. The summed E-state index contributed by atoms with van der Waals surface area (Å²) in [5.74, 6) is 0. The van der Waals surface area contributed by atoms with Gasteiger partial charge in [-0.3, -0.25) is 0 Å². The maximum atomic E-state index is 5.19. The van der Waals surface area contributed by atoms with E-state index in [1.165, 1.54) is 0 Å². The number of nitrogens with two attached hydrogens (primary N) is 1. The normalized spacial score (nSPS) is 9.30. The molecule has 0 unspecified atom stereocenters. The number of ether oxygens (including phenoxy) is 1. The van der Waals surface area contributed by atoms with Crippen LogP contribution in [0.2, 0.25) is 0 Å². The van der Waals surface area contributed by atoms with Crippen LogP contribution in [0.5, 0.6) is 0 Å². The summed E-state index contributed by atoms with van der Waals surface area (Å²) < 4.78 is 5.09. The first kappa shape index (κ1) is 9.65. The van der Waals surface area contributed by atoms with E-state index in [-0.39, 0.29) is 0 Å². The zero-order valence-corrected chi connectivity index (χ0v) is 7.04. The summed E-state index contributed by atoms with van der Waals surface area (Å²) >= 11 is 4.60. The van der Waals surface area contributed by atoms with Crippen LogP contribution >= 0.6 is 12.2 Å². The second-order valence-electron chi connectivity index (χ2n) is 1.84. The van der Waals surface area contributed by atoms with Crippen molar-refractivity contribution in [3.05, 3.63) is 0 Å². The van der Waals surface area contributed by atoms with Gasteiger partial charge in [0.1, 0.15) is 0 Å². The second kappa shape index (κ2) is 6.77. The third kappa shape index (κ3) is 7.65. The molecule has 0 rings (SSSR count). The average Bonchev–Trinajstić information content (AvgIpc) is 1.87. The molecule has 10 heavy (non-hydrogen) atoms. The molecule has 0 radical (unpaired) electrons. The van der Waals surface area contributed by atoms with Crippen LogP contribution in [0.4, 0.5) is 0 Å². The molecule has 0 aromatic carbocycles. The quantitative estimate of drug-likeness (QED) is 0.449. The molecule has 3 N–H and O–H groups in total. The van der Waals surface area contributed by atoms with Crippen LogP contribution in [0, 0.1) is 0 Å². The van der Waals surface area contributed by atoms with Crippen molar-refractivity contribution >= 4 is 17.3 Å². The van der Waals surface area contributed by atoms with E-state index in [2.05, 4.69) is 17.5 Å². The molecule has 60 valence electrons. The van der Waals surface area contributed by atoms with Gasteiger partial charge in [-0.1, -0.05) is 0 Å². The zero-order valence-electron chi connectivity index (χ0n) is 6.22. The third-order valence-corrected chi connectivity index (χ3v) is 1.11. The highest BCUT2D eigenvalue weighted by atomic mass is 32.1. The van der Waals surface area contributed by atoms with E-state index in [4.69, 9.17) is 10.5 Å². The lowest BCUT2D eigenvalue weighted by Crippen LogP contribution is -2.30. The van der Waals surface area contributed by atoms with E-state index in [1.807, 2.05) is 6.92 Å². The van der Waals surface area contributed by atoms with Crippen LogP contribution in [-0.4, -0.2) is 24.9 Å². The summed E-state index contributed by atoms with van der Waals surface area (Å²) in [5.41, 5.74) is 5.19. The Morgan fingerprint density at radius 3 is 2.90 bits per heavy atom. The van der Waals surface area contributed by atoms with Crippen LogP contribution in [0.15, 0.2) is 0 Å². The van der Waals surface area contributed by atoms with Gasteiger partial charge < -0.3 is 15.8 Å². The average molecular weight is 162 g/mol. The monoisotopic (exact) mass is 162 g/mol. The molecular weight excluding hydrogens is 148 g/mol.